The van der Waals surface area contributed by atoms with Crippen LogP contribution in [0.5, 0.6) is 0 Å². The van der Waals surface area contributed by atoms with Crippen LogP contribution >= 0.6 is 0 Å². The number of hydrogen-bond acceptors (Lipinski definition) is 5. The van der Waals surface area contributed by atoms with Gasteiger partial charge >= 0.3 is 5.97 Å². The van der Waals surface area contributed by atoms with E-state index < -0.39 is 0 Å². The maximum absolute atomic E-state index is 11.0. The molecule has 0 saturated heterocycles. The van der Waals surface area contributed by atoms with Gasteiger partial charge < -0.3 is 10.1 Å². The van der Waals surface area contributed by atoms with Crippen molar-refractivity contribution in [2.75, 3.05) is 19.0 Å². The van der Waals surface area contributed by atoms with Gasteiger partial charge in [0.05, 0.1) is 13.5 Å². The Balaban J connectivity index is 1.95. The minimum atomic E-state index is -0.227. The molecule has 0 radical (unpaired) electrons. The van der Waals surface area contributed by atoms with Crippen molar-refractivity contribution >= 4 is 11.9 Å². The van der Waals surface area contributed by atoms with E-state index in [1.807, 2.05) is 6.92 Å². The van der Waals surface area contributed by atoms with Crippen molar-refractivity contribution in [1.82, 2.24) is 9.97 Å². The number of carbonyl (C=O) groups excluding carboxylic acids is 1. The van der Waals surface area contributed by atoms with Gasteiger partial charge in [0, 0.05) is 23.9 Å². The van der Waals surface area contributed by atoms with Gasteiger partial charge in [-0.05, 0) is 25.8 Å². The number of esters is 1. The van der Waals surface area contributed by atoms with E-state index in [2.05, 4.69) is 26.1 Å². The molecule has 0 aliphatic heterocycles. The summed E-state index contributed by atoms with van der Waals surface area (Å²) < 4.78 is 4.58. The average molecular weight is 249 g/mol. The molecular formula is C13H19N3O2. The lowest BCUT2D eigenvalue weighted by Crippen LogP contribution is -2.15. The summed E-state index contributed by atoms with van der Waals surface area (Å²) in [6, 6.07) is 2.05. The fourth-order valence-corrected chi connectivity index (χ4v) is 1.96. The zero-order chi connectivity index (χ0) is 13.0. The van der Waals surface area contributed by atoms with Crippen LogP contribution in [0.15, 0.2) is 6.07 Å². The zero-order valence-corrected chi connectivity index (χ0v) is 10.9. The van der Waals surface area contributed by atoms with Crippen LogP contribution in [0.2, 0.25) is 0 Å². The van der Waals surface area contributed by atoms with Crippen LogP contribution in [-0.2, 0) is 9.53 Å². The molecule has 1 N–H and O–H groups in total. The van der Waals surface area contributed by atoms with E-state index in [-0.39, 0.29) is 5.97 Å². The van der Waals surface area contributed by atoms with Gasteiger partial charge in [-0.25, -0.2) is 9.97 Å². The zero-order valence-electron chi connectivity index (χ0n) is 10.9. The van der Waals surface area contributed by atoms with Crippen molar-refractivity contribution in [3.63, 3.8) is 0 Å². The van der Waals surface area contributed by atoms with Crippen LogP contribution in [0.1, 0.15) is 43.0 Å². The van der Waals surface area contributed by atoms with Gasteiger partial charge in [0.1, 0.15) is 0 Å². The molecule has 1 aliphatic rings. The van der Waals surface area contributed by atoms with Crippen LogP contribution < -0.4 is 5.32 Å². The third-order valence-corrected chi connectivity index (χ3v) is 3.24. The standard InChI is InChI=1S/C13H19N3O2/c1-9-8-11(10-4-3-5-10)16-13(15-9)14-7-6-12(17)18-2/h8,10H,3-7H2,1-2H3,(H,14,15,16). The highest BCUT2D eigenvalue weighted by Crippen LogP contribution is 2.35. The van der Waals surface area contributed by atoms with E-state index in [1.165, 1.54) is 26.4 Å². The number of rotatable bonds is 5. The summed E-state index contributed by atoms with van der Waals surface area (Å²) in [4.78, 5) is 19.8. The second-order valence-electron chi connectivity index (χ2n) is 4.64. The topological polar surface area (TPSA) is 64.1 Å². The molecule has 1 heterocycles. The monoisotopic (exact) mass is 249 g/mol. The molecule has 2 rings (SSSR count). The number of carbonyl (C=O) groups is 1. The number of aromatic nitrogens is 2. The second-order valence-corrected chi connectivity index (χ2v) is 4.64. The highest BCUT2D eigenvalue weighted by molar-refractivity contribution is 5.69. The molecule has 0 amide bonds. The number of nitrogens with zero attached hydrogens (tertiary/aromatic N) is 2. The van der Waals surface area contributed by atoms with E-state index in [0.717, 1.165) is 11.4 Å². The highest BCUT2D eigenvalue weighted by atomic mass is 16.5. The summed E-state index contributed by atoms with van der Waals surface area (Å²) in [6.45, 7) is 2.47. The van der Waals surface area contributed by atoms with Crippen LogP contribution in [0.4, 0.5) is 5.95 Å². The first kappa shape index (κ1) is 12.8. The van der Waals surface area contributed by atoms with Crippen molar-refractivity contribution in [2.45, 2.75) is 38.5 Å². The fourth-order valence-electron chi connectivity index (χ4n) is 1.96. The Hall–Kier alpha value is -1.65. The second kappa shape index (κ2) is 5.80. The number of nitrogens with one attached hydrogen (secondary N) is 1. The van der Waals surface area contributed by atoms with Crippen molar-refractivity contribution in [2.24, 2.45) is 0 Å². The highest BCUT2D eigenvalue weighted by Gasteiger charge is 2.21. The average Bonchev–Trinajstić information content (AvgIpc) is 2.25. The first-order valence-corrected chi connectivity index (χ1v) is 6.35. The number of methoxy groups -OCH3 is 1. The molecule has 1 aliphatic carbocycles. The Bertz CT molecular complexity index is 430. The molecule has 5 heteroatoms. The summed E-state index contributed by atoms with van der Waals surface area (Å²) >= 11 is 0. The SMILES string of the molecule is COC(=O)CCNc1nc(C)cc(C2CCC2)n1. The number of hydrogen-bond donors (Lipinski definition) is 1. The molecule has 0 aromatic carbocycles. The largest absolute Gasteiger partial charge is 0.469 e. The molecule has 1 aromatic rings. The van der Waals surface area contributed by atoms with E-state index in [0.29, 0.717) is 24.8 Å². The molecule has 0 spiro atoms. The number of anilines is 1. The molecule has 0 bridgehead atoms. The molecular weight excluding hydrogens is 230 g/mol. The summed E-state index contributed by atoms with van der Waals surface area (Å²) in [5.41, 5.74) is 2.08. The fraction of sp³-hybridized carbons (Fsp3) is 0.615. The lowest BCUT2D eigenvalue weighted by Gasteiger charge is -2.25. The van der Waals surface area contributed by atoms with E-state index in [9.17, 15) is 4.79 Å². The molecule has 1 saturated carbocycles. The summed E-state index contributed by atoms with van der Waals surface area (Å²) in [5.74, 6) is 0.975. The van der Waals surface area contributed by atoms with Gasteiger partial charge in [-0.15, -0.1) is 0 Å². The van der Waals surface area contributed by atoms with Gasteiger partial charge in [0.25, 0.3) is 0 Å². The normalized spacial score (nSPS) is 15.0. The van der Waals surface area contributed by atoms with Crippen LogP contribution in [0.25, 0.3) is 0 Å². The third-order valence-electron chi connectivity index (χ3n) is 3.24. The molecule has 0 atom stereocenters. The van der Waals surface area contributed by atoms with Gasteiger partial charge in [-0.1, -0.05) is 6.42 Å². The van der Waals surface area contributed by atoms with Gasteiger partial charge in [0.2, 0.25) is 5.95 Å². The Labute approximate surface area is 107 Å². The molecule has 1 aromatic heterocycles. The van der Waals surface area contributed by atoms with Crippen molar-refractivity contribution in [1.29, 1.82) is 0 Å². The van der Waals surface area contributed by atoms with E-state index >= 15 is 0 Å². The molecule has 98 valence electrons. The van der Waals surface area contributed by atoms with Crippen LogP contribution in [0, 0.1) is 6.92 Å². The minimum Gasteiger partial charge on any atom is -0.469 e. The minimum absolute atomic E-state index is 0.227. The van der Waals surface area contributed by atoms with E-state index in [4.69, 9.17) is 0 Å². The van der Waals surface area contributed by atoms with Crippen LogP contribution in [-0.4, -0.2) is 29.6 Å². The molecule has 5 nitrogen and oxygen atoms in total. The first-order chi connectivity index (χ1) is 8.69. The van der Waals surface area contributed by atoms with E-state index in [1.54, 1.807) is 0 Å². The maximum atomic E-state index is 11.0. The predicted octanol–water partition coefficient (Wildman–Crippen LogP) is 2.03. The number of aryl methyl sites for hydroxylation is 1. The lowest BCUT2D eigenvalue weighted by atomic mass is 9.83. The van der Waals surface area contributed by atoms with Crippen LogP contribution in [0.3, 0.4) is 0 Å². The molecule has 0 unspecified atom stereocenters. The quantitative estimate of drug-likeness (QED) is 0.809. The first-order valence-electron chi connectivity index (χ1n) is 6.35. The Kier molecular flexibility index (Phi) is 4.12. The summed E-state index contributed by atoms with van der Waals surface area (Å²) in [5, 5.41) is 3.07. The van der Waals surface area contributed by atoms with Crippen molar-refractivity contribution < 1.29 is 9.53 Å². The third kappa shape index (κ3) is 3.18. The van der Waals surface area contributed by atoms with Gasteiger partial charge in [-0.3, -0.25) is 4.79 Å². The Morgan fingerprint density at radius 1 is 1.50 bits per heavy atom. The predicted molar refractivity (Wildman–Crippen MR) is 68.5 cm³/mol. The van der Waals surface area contributed by atoms with Gasteiger partial charge in [0.15, 0.2) is 0 Å². The molecule has 18 heavy (non-hydrogen) atoms. The number of ether oxygens (including phenoxy) is 1. The summed E-state index contributed by atoms with van der Waals surface area (Å²) in [7, 11) is 1.39. The smallest absolute Gasteiger partial charge is 0.307 e. The molecule has 1 fully saturated rings. The van der Waals surface area contributed by atoms with Crippen molar-refractivity contribution in [3.8, 4) is 0 Å². The maximum Gasteiger partial charge on any atom is 0.307 e. The lowest BCUT2D eigenvalue weighted by molar-refractivity contribution is -0.140. The van der Waals surface area contributed by atoms with Gasteiger partial charge in [-0.2, -0.15) is 0 Å². The summed E-state index contributed by atoms with van der Waals surface area (Å²) in [6.07, 6.45) is 4.06. The van der Waals surface area contributed by atoms with Crippen molar-refractivity contribution in [3.05, 3.63) is 17.5 Å². The Morgan fingerprint density at radius 3 is 2.89 bits per heavy atom. The Morgan fingerprint density at radius 2 is 2.28 bits per heavy atom.